The number of nitrogens with one attached hydrogen (secondary N) is 1. The van der Waals surface area contributed by atoms with E-state index in [-0.39, 0.29) is 17.4 Å². The zero-order valence-corrected chi connectivity index (χ0v) is 21.2. The number of hydrogen-bond acceptors (Lipinski definition) is 5. The molecule has 1 fully saturated rings. The number of sulfonamides is 1. The highest BCUT2D eigenvalue weighted by Crippen LogP contribution is 2.23. The lowest BCUT2D eigenvalue weighted by Crippen LogP contribution is -2.49. The fourth-order valence-corrected chi connectivity index (χ4v) is 5.13. The van der Waals surface area contributed by atoms with Gasteiger partial charge in [0.2, 0.25) is 0 Å². The highest BCUT2D eigenvalue weighted by atomic mass is 32.2. The Bertz CT molecular complexity index is 1290. The molecule has 3 aromatic rings. The number of anilines is 1. The van der Waals surface area contributed by atoms with E-state index in [4.69, 9.17) is 4.74 Å². The summed E-state index contributed by atoms with van der Waals surface area (Å²) in [4.78, 5) is 17.0. The van der Waals surface area contributed by atoms with Gasteiger partial charge in [-0.1, -0.05) is 60.7 Å². The number of piperazine rings is 1. The maximum Gasteiger partial charge on any atom is 0.261 e. The number of aryl methyl sites for hydroxylation is 1. The van der Waals surface area contributed by atoms with Crippen molar-refractivity contribution in [2.24, 2.45) is 0 Å². The molecule has 188 valence electrons. The van der Waals surface area contributed by atoms with E-state index in [9.17, 15) is 13.2 Å². The molecule has 0 atom stereocenters. The van der Waals surface area contributed by atoms with Crippen LogP contribution in [0.5, 0.6) is 5.75 Å². The zero-order chi connectivity index (χ0) is 25.4. The van der Waals surface area contributed by atoms with Gasteiger partial charge in [0.25, 0.3) is 15.9 Å². The van der Waals surface area contributed by atoms with Crippen molar-refractivity contribution in [2.75, 3.05) is 44.1 Å². The Morgan fingerprint density at radius 3 is 2.28 bits per heavy atom. The van der Waals surface area contributed by atoms with Crippen LogP contribution in [-0.2, 0) is 14.8 Å². The quantitative estimate of drug-likeness (QED) is 0.475. The first kappa shape index (κ1) is 25.5. The van der Waals surface area contributed by atoms with Gasteiger partial charge in [-0.3, -0.25) is 14.4 Å². The van der Waals surface area contributed by atoms with Gasteiger partial charge in [0.1, 0.15) is 5.75 Å². The first-order valence-electron chi connectivity index (χ1n) is 11.9. The van der Waals surface area contributed by atoms with E-state index >= 15 is 0 Å². The molecule has 0 aromatic heterocycles. The fraction of sp³-hybridized carbons (Fsp3) is 0.250. The van der Waals surface area contributed by atoms with Crippen molar-refractivity contribution in [1.82, 2.24) is 9.80 Å². The Morgan fingerprint density at radius 1 is 0.944 bits per heavy atom. The van der Waals surface area contributed by atoms with Gasteiger partial charge in [-0.05, 0) is 48.4 Å². The van der Waals surface area contributed by atoms with E-state index in [0.29, 0.717) is 30.1 Å². The van der Waals surface area contributed by atoms with Crippen molar-refractivity contribution in [3.63, 3.8) is 0 Å². The predicted molar refractivity (Wildman–Crippen MR) is 142 cm³/mol. The summed E-state index contributed by atoms with van der Waals surface area (Å²) in [6.45, 7) is 5.47. The summed E-state index contributed by atoms with van der Waals surface area (Å²) < 4.78 is 33.7. The normalized spacial score (nSPS) is 14.6. The molecule has 0 spiro atoms. The second kappa shape index (κ2) is 11.9. The molecule has 4 rings (SSSR count). The molecule has 1 saturated heterocycles. The smallest absolute Gasteiger partial charge is 0.261 e. The molecule has 0 saturated carbocycles. The van der Waals surface area contributed by atoms with Gasteiger partial charge >= 0.3 is 0 Å². The van der Waals surface area contributed by atoms with Gasteiger partial charge in [0.05, 0.1) is 4.90 Å². The third-order valence-electron chi connectivity index (χ3n) is 6.03. The molecule has 3 aromatic carbocycles. The minimum Gasteiger partial charge on any atom is -0.483 e. The Balaban J connectivity index is 1.24. The van der Waals surface area contributed by atoms with Crippen LogP contribution < -0.4 is 9.46 Å². The number of benzene rings is 3. The van der Waals surface area contributed by atoms with Crippen LogP contribution in [0.4, 0.5) is 5.69 Å². The van der Waals surface area contributed by atoms with Crippen LogP contribution in [0.25, 0.3) is 6.08 Å². The fourth-order valence-electron chi connectivity index (χ4n) is 3.98. The van der Waals surface area contributed by atoms with E-state index in [1.54, 1.807) is 43.3 Å². The molecule has 36 heavy (non-hydrogen) atoms. The van der Waals surface area contributed by atoms with Gasteiger partial charge in [-0.15, -0.1) is 0 Å². The van der Waals surface area contributed by atoms with Crippen LogP contribution in [0.15, 0.2) is 89.8 Å². The maximum absolute atomic E-state index is 12.7. The van der Waals surface area contributed by atoms with Gasteiger partial charge in [0, 0.05) is 38.4 Å². The predicted octanol–water partition coefficient (Wildman–Crippen LogP) is 4.03. The molecule has 8 heteroatoms. The Hall–Kier alpha value is -3.62. The summed E-state index contributed by atoms with van der Waals surface area (Å²) in [5.41, 5.74) is 2.32. The first-order chi connectivity index (χ1) is 17.4. The molecule has 0 radical (unpaired) electrons. The van der Waals surface area contributed by atoms with Crippen molar-refractivity contribution in [3.05, 3.63) is 96.1 Å². The minimum absolute atomic E-state index is 0.0729. The number of carbonyl (C=O) groups excluding carboxylic acids is 1. The van der Waals surface area contributed by atoms with Crippen LogP contribution in [0.1, 0.15) is 11.1 Å². The summed E-state index contributed by atoms with van der Waals surface area (Å²) >= 11 is 0. The highest BCUT2D eigenvalue weighted by Gasteiger charge is 2.21. The van der Waals surface area contributed by atoms with Crippen molar-refractivity contribution < 1.29 is 17.9 Å². The second-order valence-electron chi connectivity index (χ2n) is 8.68. The summed E-state index contributed by atoms with van der Waals surface area (Å²) in [7, 11) is -3.72. The molecular weight excluding hydrogens is 474 g/mol. The number of amides is 1. The summed E-state index contributed by atoms with van der Waals surface area (Å²) in [6.07, 6.45) is 4.26. The number of para-hydroxylation sites is 1. The molecule has 1 N–H and O–H groups in total. The number of ether oxygens (including phenoxy) is 1. The number of carbonyl (C=O) groups is 1. The van der Waals surface area contributed by atoms with Gasteiger partial charge < -0.3 is 9.64 Å². The van der Waals surface area contributed by atoms with E-state index in [1.165, 1.54) is 11.6 Å². The molecule has 1 aliphatic heterocycles. The number of nitrogens with zero attached hydrogens (tertiary/aromatic N) is 2. The van der Waals surface area contributed by atoms with Crippen molar-refractivity contribution in [2.45, 2.75) is 11.8 Å². The third kappa shape index (κ3) is 6.96. The van der Waals surface area contributed by atoms with Crippen LogP contribution in [0, 0.1) is 6.92 Å². The van der Waals surface area contributed by atoms with E-state index in [1.807, 2.05) is 29.2 Å². The molecular formula is C28H31N3O4S. The monoisotopic (exact) mass is 505 g/mol. The zero-order valence-electron chi connectivity index (χ0n) is 20.3. The minimum atomic E-state index is -3.72. The molecule has 0 bridgehead atoms. The number of rotatable bonds is 9. The third-order valence-corrected chi connectivity index (χ3v) is 7.41. The second-order valence-corrected chi connectivity index (χ2v) is 10.4. The summed E-state index contributed by atoms with van der Waals surface area (Å²) in [6, 6.07) is 23.5. The lowest BCUT2D eigenvalue weighted by Gasteiger charge is -2.34. The topological polar surface area (TPSA) is 78.9 Å². The lowest BCUT2D eigenvalue weighted by atomic mass is 10.2. The molecule has 7 nitrogen and oxygen atoms in total. The average molecular weight is 506 g/mol. The van der Waals surface area contributed by atoms with Crippen molar-refractivity contribution in [1.29, 1.82) is 0 Å². The van der Waals surface area contributed by atoms with Gasteiger partial charge in [-0.25, -0.2) is 8.42 Å². The van der Waals surface area contributed by atoms with Crippen molar-refractivity contribution >= 4 is 27.7 Å². The Labute approximate surface area is 213 Å². The SMILES string of the molecule is Cc1cc(S(=O)(=O)Nc2ccccc2)ccc1OCC(=O)N1CCN(C/C=C/c2ccccc2)CC1. The molecule has 0 unspecified atom stereocenters. The molecule has 1 aliphatic rings. The van der Waals surface area contributed by atoms with E-state index in [0.717, 1.165) is 19.6 Å². The van der Waals surface area contributed by atoms with E-state index in [2.05, 4.69) is 33.9 Å². The standard InChI is InChI=1S/C28H31N3O4S/c1-23-21-26(36(33,34)29-25-12-6-3-7-13-25)14-15-27(23)35-22-28(32)31-19-17-30(18-20-31)16-8-11-24-9-4-2-5-10-24/h2-15,21,29H,16-20,22H2,1H3/b11-8+. The first-order valence-corrected chi connectivity index (χ1v) is 13.4. The molecule has 1 amide bonds. The van der Waals surface area contributed by atoms with Crippen molar-refractivity contribution in [3.8, 4) is 5.75 Å². The molecule has 0 aliphatic carbocycles. The summed E-state index contributed by atoms with van der Waals surface area (Å²) in [5.74, 6) is 0.419. The van der Waals surface area contributed by atoms with Crippen LogP contribution in [0.2, 0.25) is 0 Å². The largest absolute Gasteiger partial charge is 0.483 e. The summed E-state index contributed by atoms with van der Waals surface area (Å²) in [5, 5.41) is 0. The van der Waals surface area contributed by atoms with Gasteiger partial charge in [0.15, 0.2) is 6.61 Å². The van der Waals surface area contributed by atoms with Gasteiger partial charge in [-0.2, -0.15) is 0 Å². The highest BCUT2D eigenvalue weighted by molar-refractivity contribution is 7.92. The average Bonchev–Trinajstić information content (AvgIpc) is 2.89. The number of hydrogen-bond donors (Lipinski definition) is 1. The maximum atomic E-state index is 12.7. The van der Waals surface area contributed by atoms with Crippen LogP contribution >= 0.6 is 0 Å². The van der Waals surface area contributed by atoms with Crippen LogP contribution in [0.3, 0.4) is 0 Å². The Morgan fingerprint density at radius 2 is 1.61 bits per heavy atom. The lowest BCUT2D eigenvalue weighted by molar-refractivity contribution is -0.135. The van der Waals surface area contributed by atoms with E-state index < -0.39 is 10.0 Å². The Kier molecular flexibility index (Phi) is 8.40. The molecule has 1 heterocycles. The van der Waals surface area contributed by atoms with Crippen LogP contribution in [-0.4, -0.2) is 63.5 Å².